The zero-order valence-corrected chi connectivity index (χ0v) is 13.7. The zero-order chi connectivity index (χ0) is 14.7. The molecule has 1 N–H and O–H groups in total. The average molecular weight is 321 g/mol. The van der Waals surface area contributed by atoms with Crippen molar-refractivity contribution in [2.75, 3.05) is 5.75 Å². The largest absolute Gasteiger partial charge is 0.352 e. The van der Waals surface area contributed by atoms with Gasteiger partial charge in [0.25, 0.3) is 0 Å². The summed E-state index contributed by atoms with van der Waals surface area (Å²) in [7, 11) is 0. The van der Waals surface area contributed by atoms with E-state index in [1.807, 2.05) is 11.4 Å². The maximum absolute atomic E-state index is 12.1. The van der Waals surface area contributed by atoms with E-state index in [2.05, 4.69) is 22.2 Å². The minimum atomic E-state index is 0.112. The lowest BCUT2D eigenvalue weighted by molar-refractivity contribution is -0.119. The molecule has 0 saturated heterocycles. The number of hydrogen-bond acceptors (Lipinski definition) is 5. The number of hydrogen-bond donors (Lipinski definition) is 1. The molecule has 0 spiro atoms. The van der Waals surface area contributed by atoms with Crippen LogP contribution in [0.3, 0.4) is 0 Å². The van der Waals surface area contributed by atoms with Crippen molar-refractivity contribution in [3.8, 4) is 0 Å². The highest BCUT2D eigenvalue weighted by molar-refractivity contribution is 8.00. The SMILES string of the molecule is C[C@@H]1CCCC[C@H]1NC(=O)CSc1ncnc2sccc12. The van der Waals surface area contributed by atoms with Crippen molar-refractivity contribution in [1.82, 2.24) is 15.3 Å². The summed E-state index contributed by atoms with van der Waals surface area (Å²) in [5.74, 6) is 1.13. The number of nitrogens with one attached hydrogen (secondary N) is 1. The van der Waals surface area contributed by atoms with Crippen LogP contribution in [0, 0.1) is 5.92 Å². The van der Waals surface area contributed by atoms with Crippen molar-refractivity contribution in [3.05, 3.63) is 17.8 Å². The predicted octanol–water partition coefficient (Wildman–Crippen LogP) is 3.48. The van der Waals surface area contributed by atoms with Crippen LogP contribution in [0.1, 0.15) is 32.6 Å². The zero-order valence-electron chi connectivity index (χ0n) is 12.0. The van der Waals surface area contributed by atoms with Gasteiger partial charge in [-0.2, -0.15) is 0 Å². The molecule has 0 aromatic carbocycles. The summed E-state index contributed by atoms with van der Waals surface area (Å²) in [6.45, 7) is 2.23. The van der Waals surface area contributed by atoms with Crippen molar-refractivity contribution in [2.24, 2.45) is 5.92 Å². The molecule has 3 rings (SSSR count). The number of carbonyl (C=O) groups excluding carboxylic acids is 1. The van der Waals surface area contributed by atoms with Crippen LogP contribution in [-0.4, -0.2) is 27.7 Å². The Balaban J connectivity index is 1.57. The maximum atomic E-state index is 12.1. The van der Waals surface area contributed by atoms with Crippen LogP contribution in [0.5, 0.6) is 0 Å². The summed E-state index contributed by atoms with van der Waals surface area (Å²) in [4.78, 5) is 21.6. The number of amides is 1. The Morgan fingerprint density at radius 1 is 1.43 bits per heavy atom. The van der Waals surface area contributed by atoms with Crippen molar-refractivity contribution >= 4 is 39.2 Å². The Kier molecular flexibility index (Phi) is 4.75. The van der Waals surface area contributed by atoms with E-state index < -0.39 is 0 Å². The molecule has 112 valence electrons. The number of thiophene rings is 1. The molecule has 0 radical (unpaired) electrons. The number of fused-ring (bicyclic) bond motifs is 1. The van der Waals surface area contributed by atoms with E-state index in [0.717, 1.165) is 21.7 Å². The fourth-order valence-corrected chi connectivity index (χ4v) is 4.39. The first-order valence-corrected chi connectivity index (χ1v) is 9.21. The second-order valence-corrected chi connectivity index (χ2v) is 7.40. The number of rotatable bonds is 4. The Morgan fingerprint density at radius 2 is 2.29 bits per heavy atom. The van der Waals surface area contributed by atoms with Gasteiger partial charge in [-0.1, -0.05) is 31.5 Å². The van der Waals surface area contributed by atoms with Crippen LogP contribution in [0.4, 0.5) is 0 Å². The third-order valence-electron chi connectivity index (χ3n) is 4.02. The van der Waals surface area contributed by atoms with Crippen LogP contribution in [0.25, 0.3) is 10.2 Å². The van der Waals surface area contributed by atoms with Gasteiger partial charge in [0.1, 0.15) is 16.2 Å². The highest BCUT2D eigenvalue weighted by Crippen LogP contribution is 2.28. The topological polar surface area (TPSA) is 54.9 Å². The van der Waals surface area contributed by atoms with E-state index in [-0.39, 0.29) is 5.91 Å². The van der Waals surface area contributed by atoms with E-state index in [1.165, 1.54) is 31.0 Å². The lowest BCUT2D eigenvalue weighted by atomic mass is 9.86. The molecule has 0 bridgehead atoms. The summed E-state index contributed by atoms with van der Waals surface area (Å²) < 4.78 is 0. The van der Waals surface area contributed by atoms with E-state index in [1.54, 1.807) is 17.7 Å². The molecule has 1 fully saturated rings. The van der Waals surface area contributed by atoms with Crippen LogP contribution in [-0.2, 0) is 4.79 Å². The molecular formula is C15H19N3OS2. The number of carbonyl (C=O) groups is 1. The fraction of sp³-hybridized carbons (Fsp3) is 0.533. The van der Waals surface area contributed by atoms with E-state index >= 15 is 0 Å². The molecular weight excluding hydrogens is 302 g/mol. The minimum Gasteiger partial charge on any atom is -0.352 e. The summed E-state index contributed by atoms with van der Waals surface area (Å²) in [6, 6.07) is 2.36. The predicted molar refractivity (Wildman–Crippen MR) is 87.7 cm³/mol. The Hall–Kier alpha value is -1.14. The summed E-state index contributed by atoms with van der Waals surface area (Å²) in [5.41, 5.74) is 0. The lowest BCUT2D eigenvalue weighted by Crippen LogP contribution is -2.41. The van der Waals surface area contributed by atoms with Gasteiger partial charge in [0, 0.05) is 11.4 Å². The van der Waals surface area contributed by atoms with Gasteiger partial charge in [-0.25, -0.2) is 9.97 Å². The highest BCUT2D eigenvalue weighted by Gasteiger charge is 2.22. The van der Waals surface area contributed by atoms with Crippen LogP contribution in [0.15, 0.2) is 22.8 Å². The van der Waals surface area contributed by atoms with Gasteiger partial charge in [-0.3, -0.25) is 4.79 Å². The second-order valence-electron chi connectivity index (χ2n) is 5.54. The molecule has 2 atom stereocenters. The van der Waals surface area contributed by atoms with Gasteiger partial charge < -0.3 is 5.32 Å². The molecule has 0 unspecified atom stereocenters. The van der Waals surface area contributed by atoms with Crippen molar-refractivity contribution in [3.63, 3.8) is 0 Å². The normalized spacial score (nSPS) is 22.3. The Labute approximate surface area is 132 Å². The molecule has 0 aliphatic heterocycles. The van der Waals surface area contributed by atoms with E-state index in [4.69, 9.17) is 0 Å². The molecule has 6 heteroatoms. The lowest BCUT2D eigenvalue weighted by Gasteiger charge is -2.29. The van der Waals surface area contributed by atoms with Crippen molar-refractivity contribution < 1.29 is 4.79 Å². The maximum Gasteiger partial charge on any atom is 0.230 e. The quantitative estimate of drug-likeness (QED) is 0.692. The molecule has 1 amide bonds. The van der Waals surface area contributed by atoms with Gasteiger partial charge in [0.2, 0.25) is 5.91 Å². The number of aromatic nitrogens is 2. The van der Waals surface area contributed by atoms with E-state index in [0.29, 0.717) is 17.7 Å². The minimum absolute atomic E-state index is 0.112. The van der Waals surface area contributed by atoms with Crippen molar-refractivity contribution in [1.29, 1.82) is 0 Å². The van der Waals surface area contributed by atoms with Gasteiger partial charge in [0.05, 0.1) is 5.75 Å². The van der Waals surface area contributed by atoms with E-state index in [9.17, 15) is 4.79 Å². The van der Waals surface area contributed by atoms with Gasteiger partial charge in [-0.15, -0.1) is 11.3 Å². The average Bonchev–Trinajstić information content (AvgIpc) is 2.96. The Morgan fingerprint density at radius 3 is 3.14 bits per heavy atom. The first kappa shape index (κ1) is 14.8. The Bertz CT molecular complexity index is 628. The van der Waals surface area contributed by atoms with Crippen molar-refractivity contribution in [2.45, 2.75) is 43.7 Å². The highest BCUT2D eigenvalue weighted by atomic mass is 32.2. The second kappa shape index (κ2) is 6.75. The fourth-order valence-electron chi connectivity index (χ4n) is 2.80. The smallest absolute Gasteiger partial charge is 0.230 e. The first-order chi connectivity index (χ1) is 10.2. The monoisotopic (exact) mass is 321 g/mol. The first-order valence-electron chi connectivity index (χ1n) is 7.34. The number of thioether (sulfide) groups is 1. The standard InChI is InChI=1S/C15H19N3OS2/c1-10-4-2-3-5-12(10)18-13(19)8-21-15-11-6-7-20-14(11)16-9-17-15/h6-7,9-10,12H,2-5,8H2,1H3,(H,18,19)/t10-,12-/m1/s1. The summed E-state index contributed by atoms with van der Waals surface area (Å²) in [5, 5.41) is 7.13. The van der Waals surface area contributed by atoms with Gasteiger partial charge in [0.15, 0.2) is 0 Å². The molecule has 4 nitrogen and oxygen atoms in total. The van der Waals surface area contributed by atoms with Gasteiger partial charge >= 0.3 is 0 Å². The molecule has 2 aromatic rings. The third kappa shape index (κ3) is 3.55. The van der Waals surface area contributed by atoms with Gasteiger partial charge in [-0.05, 0) is 30.2 Å². The molecule has 2 aromatic heterocycles. The summed E-state index contributed by atoms with van der Waals surface area (Å²) >= 11 is 3.10. The van der Waals surface area contributed by atoms with Crippen LogP contribution >= 0.6 is 23.1 Å². The molecule has 21 heavy (non-hydrogen) atoms. The molecule has 1 saturated carbocycles. The number of nitrogens with zero attached hydrogens (tertiary/aromatic N) is 2. The van der Waals surface area contributed by atoms with Crippen LogP contribution in [0.2, 0.25) is 0 Å². The van der Waals surface area contributed by atoms with Crippen LogP contribution < -0.4 is 5.32 Å². The summed E-state index contributed by atoms with van der Waals surface area (Å²) in [6.07, 6.45) is 6.42. The molecule has 1 aliphatic carbocycles. The third-order valence-corrected chi connectivity index (χ3v) is 5.85. The molecule has 1 aliphatic rings. The molecule has 2 heterocycles.